The maximum atomic E-state index is 14.5. The Bertz CT molecular complexity index is 875. The van der Waals surface area contributed by atoms with Crippen molar-refractivity contribution in [3.63, 3.8) is 0 Å². The number of anilines is 1. The standard InChI is InChI=1S/C20H20FN3O2.ClH/c21-16-9-18-13(6-7-19(25)23-18)8-14(16)20(26)24-10-15(17(22)11-24)12-4-2-1-3-5-12;/h1-5,8-9,15,17H,6-7,10-11,22H2,(H,23,25);1H/t15-,17+;/m0./s1. The van der Waals surface area contributed by atoms with E-state index in [1.165, 1.54) is 6.07 Å². The van der Waals surface area contributed by atoms with Gasteiger partial charge in [-0.05, 0) is 29.7 Å². The molecule has 2 aromatic rings. The van der Waals surface area contributed by atoms with E-state index in [4.69, 9.17) is 5.73 Å². The van der Waals surface area contributed by atoms with Crippen LogP contribution in [-0.4, -0.2) is 35.8 Å². The first-order chi connectivity index (χ1) is 12.5. The number of hydrogen-bond acceptors (Lipinski definition) is 3. The molecule has 5 nitrogen and oxygen atoms in total. The molecule has 2 atom stereocenters. The Hall–Kier alpha value is -2.44. The number of aryl methyl sites for hydroxylation is 1. The van der Waals surface area contributed by atoms with Gasteiger partial charge in [-0.25, -0.2) is 4.39 Å². The summed E-state index contributed by atoms with van der Waals surface area (Å²) in [5.74, 6) is -1.06. The van der Waals surface area contributed by atoms with Gasteiger partial charge < -0.3 is 16.0 Å². The summed E-state index contributed by atoms with van der Waals surface area (Å²) in [7, 11) is 0. The fraction of sp³-hybridized carbons (Fsp3) is 0.300. The van der Waals surface area contributed by atoms with Crippen LogP contribution >= 0.6 is 12.4 Å². The van der Waals surface area contributed by atoms with Crippen LogP contribution in [0.25, 0.3) is 0 Å². The number of halogens is 2. The number of benzene rings is 2. The number of fused-ring (bicyclic) bond motifs is 1. The summed E-state index contributed by atoms with van der Waals surface area (Å²) in [4.78, 5) is 26.0. The van der Waals surface area contributed by atoms with Crippen molar-refractivity contribution < 1.29 is 14.0 Å². The van der Waals surface area contributed by atoms with Crippen LogP contribution in [0.15, 0.2) is 42.5 Å². The van der Waals surface area contributed by atoms with Crippen molar-refractivity contribution >= 4 is 29.9 Å². The lowest BCUT2D eigenvalue weighted by molar-refractivity contribution is -0.116. The molecular formula is C20H21ClFN3O2. The average molecular weight is 390 g/mol. The Kier molecular flexibility index (Phi) is 5.48. The van der Waals surface area contributed by atoms with Crippen LogP contribution in [0, 0.1) is 5.82 Å². The number of nitrogens with zero attached hydrogens (tertiary/aromatic N) is 1. The molecule has 1 fully saturated rings. The number of nitrogens with two attached hydrogens (primary N) is 1. The maximum absolute atomic E-state index is 14.5. The molecule has 4 rings (SSSR count). The van der Waals surface area contributed by atoms with E-state index in [0.717, 1.165) is 11.1 Å². The fourth-order valence-electron chi connectivity index (χ4n) is 3.78. The lowest BCUT2D eigenvalue weighted by Gasteiger charge is -2.21. The van der Waals surface area contributed by atoms with Crippen LogP contribution in [0.3, 0.4) is 0 Å². The van der Waals surface area contributed by atoms with Gasteiger partial charge in [-0.1, -0.05) is 30.3 Å². The van der Waals surface area contributed by atoms with Crippen LogP contribution in [-0.2, 0) is 11.2 Å². The second kappa shape index (κ2) is 7.66. The normalized spacial score (nSPS) is 21.3. The number of likely N-dealkylation sites (tertiary alicyclic amines) is 1. The largest absolute Gasteiger partial charge is 0.336 e. The number of carbonyl (C=O) groups excluding carboxylic acids is 2. The van der Waals surface area contributed by atoms with Gasteiger partial charge in [0.05, 0.1) is 5.56 Å². The summed E-state index contributed by atoms with van der Waals surface area (Å²) in [6.07, 6.45) is 0.852. The second-order valence-corrected chi connectivity index (χ2v) is 6.93. The zero-order valence-corrected chi connectivity index (χ0v) is 15.5. The number of carbonyl (C=O) groups is 2. The molecule has 0 bridgehead atoms. The lowest BCUT2D eigenvalue weighted by atomic mass is 9.95. The van der Waals surface area contributed by atoms with Crippen molar-refractivity contribution in [3.05, 3.63) is 65.0 Å². The molecule has 0 spiro atoms. The zero-order valence-electron chi connectivity index (χ0n) is 14.7. The highest BCUT2D eigenvalue weighted by molar-refractivity contribution is 5.98. The third kappa shape index (κ3) is 3.68. The third-order valence-electron chi connectivity index (χ3n) is 5.20. The Morgan fingerprint density at radius 3 is 2.63 bits per heavy atom. The summed E-state index contributed by atoms with van der Waals surface area (Å²) >= 11 is 0. The minimum Gasteiger partial charge on any atom is -0.336 e. The van der Waals surface area contributed by atoms with Crippen LogP contribution in [0.4, 0.5) is 10.1 Å². The molecule has 0 radical (unpaired) electrons. The van der Waals surface area contributed by atoms with Crippen molar-refractivity contribution in [2.75, 3.05) is 18.4 Å². The molecule has 2 amide bonds. The molecular weight excluding hydrogens is 369 g/mol. The highest BCUT2D eigenvalue weighted by Crippen LogP contribution is 2.30. The molecule has 0 aromatic heterocycles. The van der Waals surface area contributed by atoms with Gasteiger partial charge in [0.15, 0.2) is 0 Å². The minimum absolute atomic E-state index is 0. The monoisotopic (exact) mass is 389 g/mol. The van der Waals surface area contributed by atoms with Crippen molar-refractivity contribution in [1.82, 2.24) is 4.90 Å². The van der Waals surface area contributed by atoms with E-state index in [0.29, 0.717) is 31.6 Å². The van der Waals surface area contributed by atoms with E-state index in [1.54, 1.807) is 11.0 Å². The van der Waals surface area contributed by atoms with Gasteiger partial charge in [-0.15, -0.1) is 12.4 Å². The van der Waals surface area contributed by atoms with Crippen molar-refractivity contribution in [1.29, 1.82) is 0 Å². The van der Waals surface area contributed by atoms with Gasteiger partial charge in [0.25, 0.3) is 5.91 Å². The molecule has 3 N–H and O–H groups in total. The molecule has 2 heterocycles. The molecule has 2 aliphatic heterocycles. The van der Waals surface area contributed by atoms with Crippen molar-refractivity contribution in [2.45, 2.75) is 24.8 Å². The summed E-state index contributed by atoms with van der Waals surface area (Å²) in [6.45, 7) is 0.864. The van der Waals surface area contributed by atoms with E-state index < -0.39 is 5.82 Å². The van der Waals surface area contributed by atoms with E-state index in [2.05, 4.69) is 5.32 Å². The quantitative estimate of drug-likeness (QED) is 0.829. The van der Waals surface area contributed by atoms with Crippen LogP contribution in [0.1, 0.15) is 33.8 Å². The first kappa shape index (κ1) is 19.3. The maximum Gasteiger partial charge on any atom is 0.256 e. The first-order valence-electron chi connectivity index (χ1n) is 8.75. The third-order valence-corrected chi connectivity index (χ3v) is 5.20. The highest BCUT2D eigenvalue weighted by atomic mass is 35.5. The minimum atomic E-state index is -0.618. The Morgan fingerprint density at radius 1 is 1.15 bits per heavy atom. The predicted octanol–water partition coefficient (Wildman–Crippen LogP) is 2.70. The fourth-order valence-corrected chi connectivity index (χ4v) is 3.78. The van der Waals surface area contributed by atoms with Crippen molar-refractivity contribution in [3.8, 4) is 0 Å². The highest BCUT2D eigenvalue weighted by Gasteiger charge is 2.35. The second-order valence-electron chi connectivity index (χ2n) is 6.93. The van der Waals surface area contributed by atoms with Gasteiger partial charge >= 0.3 is 0 Å². The molecule has 7 heteroatoms. The molecule has 0 saturated carbocycles. The molecule has 2 aromatic carbocycles. The lowest BCUT2D eigenvalue weighted by Crippen LogP contribution is -2.33. The summed E-state index contributed by atoms with van der Waals surface area (Å²) in [6, 6.07) is 12.5. The Labute approximate surface area is 163 Å². The van der Waals surface area contributed by atoms with Crippen LogP contribution in [0.2, 0.25) is 0 Å². The molecule has 1 saturated heterocycles. The first-order valence-corrected chi connectivity index (χ1v) is 8.75. The van der Waals surface area contributed by atoms with E-state index >= 15 is 0 Å². The van der Waals surface area contributed by atoms with Gasteiger partial charge in [0, 0.05) is 37.2 Å². The average Bonchev–Trinajstić information content (AvgIpc) is 3.03. The molecule has 2 aliphatic rings. The van der Waals surface area contributed by atoms with Gasteiger partial charge in [-0.2, -0.15) is 0 Å². The molecule has 0 unspecified atom stereocenters. The number of amides is 2. The number of nitrogens with one attached hydrogen (secondary N) is 1. The van der Waals surface area contributed by atoms with E-state index in [9.17, 15) is 14.0 Å². The Balaban J connectivity index is 0.00000210. The smallest absolute Gasteiger partial charge is 0.256 e. The Morgan fingerprint density at radius 2 is 1.89 bits per heavy atom. The van der Waals surface area contributed by atoms with E-state index in [-0.39, 0.29) is 41.7 Å². The topological polar surface area (TPSA) is 75.4 Å². The van der Waals surface area contributed by atoms with E-state index in [1.807, 2.05) is 30.3 Å². The van der Waals surface area contributed by atoms with Gasteiger partial charge in [0.1, 0.15) is 5.82 Å². The number of hydrogen-bond donors (Lipinski definition) is 2. The van der Waals surface area contributed by atoms with Crippen LogP contribution in [0.5, 0.6) is 0 Å². The van der Waals surface area contributed by atoms with Gasteiger partial charge in [0.2, 0.25) is 5.91 Å². The van der Waals surface area contributed by atoms with Gasteiger partial charge in [-0.3, -0.25) is 9.59 Å². The van der Waals surface area contributed by atoms with Crippen molar-refractivity contribution in [2.24, 2.45) is 5.73 Å². The predicted molar refractivity (Wildman–Crippen MR) is 104 cm³/mol. The number of rotatable bonds is 2. The summed E-state index contributed by atoms with van der Waals surface area (Å²) in [5.41, 5.74) is 8.62. The zero-order chi connectivity index (χ0) is 18.3. The SMILES string of the molecule is Cl.N[C@@H]1CN(C(=O)c2cc3c(cc2F)NC(=O)CC3)C[C@H]1c1ccccc1. The molecule has 0 aliphatic carbocycles. The summed E-state index contributed by atoms with van der Waals surface area (Å²) in [5, 5.41) is 2.65. The van der Waals surface area contributed by atoms with Crippen LogP contribution < -0.4 is 11.1 Å². The summed E-state index contributed by atoms with van der Waals surface area (Å²) < 4.78 is 14.5. The molecule has 142 valence electrons. The molecule has 27 heavy (non-hydrogen) atoms.